The van der Waals surface area contributed by atoms with Gasteiger partial charge in [0.25, 0.3) is 0 Å². The van der Waals surface area contributed by atoms with Crippen LogP contribution in [0.5, 0.6) is 0 Å². The Hall–Kier alpha value is -0.0800. The van der Waals surface area contributed by atoms with E-state index in [4.69, 9.17) is 0 Å². The number of allylic oxidation sites excluding steroid dienone is 1. The van der Waals surface area contributed by atoms with Crippen LogP contribution in [0.1, 0.15) is 16.2 Å². The monoisotopic (exact) mass is 230 g/mol. The maximum absolute atomic E-state index is 3.38. The zero-order valence-corrected chi connectivity index (χ0v) is 8.91. The zero-order chi connectivity index (χ0) is 8.10. The highest BCUT2D eigenvalue weighted by Gasteiger charge is 1.89. The molecule has 0 saturated heterocycles. The zero-order valence-electron chi connectivity index (χ0n) is 6.51. The van der Waals surface area contributed by atoms with Gasteiger partial charge in [0.05, 0.1) is 0 Å². The van der Waals surface area contributed by atoms with Crippen molar-refractivity contribution in [3.63, 3.8) is 0 Å². The fraction of sp³-hybridized carbons (Fsp3) is 0.333. The Bertz CT molecular complexity index is 237. The lowest BCUT2D eigenvalue weighted by Gasteiger charge is -1.82. The van der Waals surface area contributed by atoms with E-state index in [1.807, 2.05) is 11.3 Å². The number of rotatable bonds is 3. The topological polar surface area (TPSA) is 0 Å². The first kappa shape index (κ1) is 9.01. The molecule has 0 aliphatic carbocycles. The van der Waals surface area contributed by atoms with E-state index >= 15 is 0 Å². The van der Waals surface area contributed by atoms with Gasteiger partial charge >= 0.3 is 0 Å². The molecule has 0 aliphatic rings. The van der Waals surface area contributed by atoms with Gasteiger partial charge in [-0.1, -0.05) is 22.0 Å². The van der Waals surface area contributed by atoms with Gasteiger partial charge in [0, 0.05) is 15.1 Å². The molecule has 0 bridgehead atoms. The van der Waals surface area contributed by atoms with E-state index in [0.29, 0.717) is 0 Å². The van der Waals surface area contributed by atoms with Crippen LogP contribution in [0.2, 0.25) is 0 Å². The maximum atomic E-state index is 3.38. The third kappa shape index (κ3) is 3.21. The number of hydrogen-bond donors (Lipinski definition) is 0. The van der Waals surface area contributed by atoms with E-state index in [-0.39, 0.29) is 0 Å². The van der Waals surface area contributed by atoms with E-state index in [0.717, 1.165) is 11.8 Å². The fourth-order valence-corrected chi connectivity index (χ4v) is 1.88. The Morgan fingerprint density at radius 2 is 2.36 bits per heavy atom. The number of hydrogen-bond acceptors (Lipinski definition) is 1. The van der Waals surface area contributed by atoms with Crippen molar-refractivity contribution < 1.29 is 0 Å². The fourth-order valence-electron chi connectivity index (χ4n) is 0.805. The molecule has 0 nitrogen and oxygen atoms in total. The summed E-state index contributed by atoms with van der Waals surface area (Å²) in [4.78, 5) is 2.73. The molecule has 0 fully saturated rings. The minimum atomic E-state index is 1.05. The molecule has 0 spiro atoms. The van der Waals surface area contributed by atoms with Gasteiger partial charge in [0.1, 0.15) is 0 Å². The number of alkyl halides is 1. The maximum Gasteiger partial charge on any atom is 0.0269 e. The second-order valence-electron chi connectivity index (χ2n) is 2.33. The van der Waals surface area contributed by atoms with Crippen molar-refractivity contribution in [3.8, 4) is 0 Å². The predicted molar refractivity (Wildman–Crippen MR) is 56.5 cm³/mol. The highest BCUT2D eigenvalue weighted by atomic mass is 79.9. The van der Waals surface area contributed by atoms with Crippen molar-refractivity contribution in [1.29, 1.82) is 0 Å². The highest BCUT2D eigenvalue weighted by Crippen LogP contribution is 2.16. The lowest BCUT2D eigenvalue weighted by Crippen LogP contribution is -1.64. The standard InChI is InChI=1S/C9H11BrS/c1-8-5-6-9(11-8)4-2-3-7-10/h2,4-6H,3,7H2,1H3. The molecule has 0 amide bonds. The summed E-state index contributed by atoms with van der Waals surface area (Å²) in [5.41, 5.74) is 0. The predicted octanol–water partition coefficient (Wildman–Crippen LogP) is 3.85. The van der Waals surface area contributed by atoms with Gasteiger partial charge in [-0.15, -0.1) is 11.3 Å². The van der Waals surface area contributed by atoms with Gasteiger partial charge in [0.2, 0.25) is 0 Å². The largest absolute Gasteiger partial charge is 0.141 e. The highest BCUT2D eigenvalue weighted by molar-refractivity contribution is 9.09. The summed E-state index contributed by atoms with van der Waals surface area (Å²) >= 11 is 5.22. The summed E-state index contributed by atoms with van der Waals surface area (Å²) in [6.45, 7) is 2.13. The van der Waals surface area contributed by atoms with Crippen molar-refractivity contribution in [2.75, 3.05) is 5.33 Å². The lowest BCUT2D eigenvalue weighted by molar-refractivity contribution is 1.27. The molecule has 2 heteroatoms. The SMILES string of the molecule is Cc1ccc(C=CCCBr)s1. The summed E-state index contributed by atoms with van der Waals surface area (Å²) in [5, 5.41) is 1.05. The molecular weight excluding hydrogens is 220 g/mol. The van der Waals surface area contributed by atoms with E-state index in [2.05, 4.69) is 47.1 Å². The Morgan fingerprint density at radius 3 is 2.91 bits per heavy atom. The molecule has 0 radical (unpaired) electrons. The molecule has 0 unspecified atom stereocenters. The van der Waals surface area contributed by atoms with Crippen molar-refractivity contribution in [2.24, 2.45) is 0 Å². The first-order valence-electron chi connectivity index (χ1n) is 3.62. The molecule has 1 rings (SSSR count). The van der Waals surface area contributed by atoms with Gasteiger partial charge in [-0.2, -0.15) is 0 Å². The van der Waals surface area contributed by atoms with Crippen LogP contribution in [0.3, 0.4) is 0 Å². The van der Waals surface area contributed by atoms with Crippen molar-refractivity contribution >= 4 is 33.3 Å². The third-order valence-corrected chi connectivity index (χ3v) is 2.74. The van der Waals surface area contributed by atoms with Gasteiger partial charge in [0.15, 0.2) is 0 Å². The Balaban J connectivity index is 2.50. The molecule has 11 heavy (non-hydrogen) atoms. The van der Waals surface area contributed by atoms with Crippen molar-refractivity contribution in [2.45, 2.75) is 13.3 Å². The Labute approximate surface area is 80.1 Å². The first-order chi connectivity index (χ1) is 5.33. The molecule has 0 N–H and O–H groups in total. The molecule has 1 heterocycles. The molecule has 60 valence electrons. The molecule has 0 saturated carbocycles. The normalized spacial score (nSPS) is 11.1. The Kier molecular flexibility index (Phi) is 3.87. The molecule has 0 atom stereocenters. The quantitative estimate of drug-likeness (QED) is 0.693. The summed E-state index contributed by atoms with van der Waals surface area (Å²) in [7, 11) is 0. The number of aryl methyl sites for hydroxylation is 1. The van der Waals surface area contributed by atoms with E-state index < -0.39 is 0 Å². The summed E-state index contributed by atoms with van der Waals surface area (Å²) in [6, 6.07) is 4.31. The van der Waals surface area contributed by atoms with Crippen molar-refractivity contribution in [1.82, 2.24) is 0 Å². The minimum absolute atomic E-state index is 1.05. The van der Waals surface area contributed by atoms with Crippen molar-refractivity contribution in [3.05, 3.63) is 28.0 Å². The molecule has 0 aliphatic heterocycles. The number of thiophene rings is 1. The molecule has 1 aromatic rings. The molecular formula is C9H11BrS. The van der Waals surface area contributed by atoms with Crippen LogP contribution in [-0.2, 0) is 0 Å². The van der Waals surface area contributed by atoms with Crippen LogP contribution in [-0.4, -0.2) is 5.33 Å². The van der Waals surface area contributed by atoms with Gasteiger partial charge < -0.3 is 0 Å². The summed E-state index contributed by atoms with van der Waals surface area (Å²) < 4.78 is 0. The lowest BCUT2D eigenvalue weighted by atomic mass is 10.3. The second kappa shape index (κ2) is 4.73. The third-order valence-electron chi connectivity index (χ3n) is 1.32. The van der Waals surface area contributed by atoms with Crippen LogP contribution < -0.4 is 0 Å². The average molecular weight is 231 g/mol. The van der Waals surface area contributed by atoms with E-state index in [1.165, 1.54) is 9.75 Å². The van der Waals surface area contributed by atoms with Gasteiger partial charge in [-0.05, 0) is 31.6 Å². The second-order valence-corrected chi connectivity index (χ2v) is 4.44. The molecule has 0 aromatic carbocycles. The summed E-state index contributed by atoms with van der Waals surface area (Å²) in [6.07, 6.45) is 5.48. The smallest absolute Gasteiger partial charge is 0.0269 e. The van der Waals surface area contributed by atoms with E-state index in [1.54, 1.807) is 0 Å². The van der Waals surface area contributed by atoms with Crippen LogP contribution >= 0.6 is 27.3 Å². The summed E-state index contributed by atoms with van der Waals surface area (Å²) in [5.74, 6) is 0. The Morgan fingerprint density at radius 1 is 1.55 bits per heavy atom. The first-order valence-corrected chi connectivity index (χ1v) is 5.55. The van der Waals surface area contributed by atoms with Crippen LogP contribution in [0, 0.1) is 6.92 Å². The van der Waals surface area contributed by atoms with Gasteiger partial charge in [-0.25, -0.2) is 0 Å². The van der Waals surface area contributed by atoms with Gasteiger partial charge in [-0.3, -0.25) is 0 Å². The number of halogens is 1. The average Bonchev–Trinajstić information content (AvgIpc) is 2.37. The minimum Gasteiger partial charge on any atom is -0.141 e. The molecule has 1 aromatic heterocycles. The van der Waals surface area contributed by atoms with Crippen LogP contribution in [0.4, 0.5) is 0 Å². The van der Waals surface area contributed by atoms with Crippen LogP contribution in [0.25, 0.3) is 6.08 Å². The van der Waals surface area contributed by atoms with Crippen LogP contribution in [0.15, 0.2) is 18.2 Å². The van der Waals surface area contributed by atoms with E-state index in [9.17, 15) is 0 Å².